The Balaban J connectivity index is 2.43. The number of rotatable bonds is 4. The molecular weight excluding hydrogens is 314 g/mol. The second kappa shape index (κ2) is 6.08. The maximum Gasteiger partial charge on any atom is 0.263 e. The van der Waals surface area contributed by atoms with Crippen LogP contribution in [0.15, 0.2) is 52.3 Å². The normalized spacial score (nSPS) is 11.3. The van der Waals surface area contributed by atoms with E-state index in [1.54, 1.807) is 30.3 Å². The van der Waals surface area contributed by atoms with E-state index in [0.29, 0.717) is 15.6 Å². The number of thioether (sulfide) groups is 1. The first kappa shape index (κ1) is 15.2. The molecule has 0 unspecified atom stereocenters. The zero-order valence-corrected chi connectivity index (χ0v) is 13.4. The fourth-order valence-corrected chi connectivity index (χ4v) is 4.22. The molecule has 106 valence electrons. The summed E-state index contributed by atoms with van der Waals surface area (Å²) in [6.07, 6.45) is 1.83. The topological polar surface area (TPSA) is 46.2 Å². The number of benzene rings is 2. The molecule has 0 aliphatic carbocycles. The average molecular weight is 328 g/mol. The quantitative estimate of drug-likeness (QED) is 0.857. The molecule has 0 aliphatic heterocycles. The van der Waals surface area contributed by atoms with E-state index in [1.165, 1.54) is 17.8 Å². The minimum absolute atomic E-state index is 0.194. The SMILES string of the molecule is CSc1ccc(Cl)cc1S(=O)(=O)Nc1cccc(C)c1. The van der Waals surface area contributed by atoms with Crippen molar-refractivity contribution in [2.45, 2.75) is 16.7 Å². The van der Waals surface area contributed by atoms with E-state index in [1.807, 2.05) is 19.2 Å². The molecular formula is C14H14ClNO2S2. The van der Waals surface area contributed by atoms with Gasteiger partial charge in [0.15, 0.2) is 0 Å². The van der Waals surface area contributed by atoms with Crippen LogP contribution in [0.25, 0.3) is 0 Å². The largest absolute Gasteiger partial charge is 0.280 e. The lowest BCUT2D eigenvalue weighted by atomic mass is 10.2. The Labute approximate surface area is 128 Å². The van der Waals surface area contributed by atoms with Gasteiger partial charge in [-0.3, -0.25) is 4.72 Å². The van der Waals surface area contributed by atoms with Crippen LogP contribution in [0.5, 0.6) is 0 Å². The predicted molar refractivity (Wildman–Crippen MR) is 85.2 cm³/mol. The van der Waals surface area contributed by atoms with Gasteiger partial charge in [0, 0.05) is 15.6 Å². The number of hydrogen-bond donors (Lipinski definition) is 1. The molecule has 0 spiro atoms. The number of hydrogen-bond acceptors (Lipinski definition) is 3. The summed E-state index contributed by atoms with van der Waals surface area (Å²) in [5, 5.41) is 0.396. The highest BCUT2D eigenvalue weighted by Gasteiger charge is 2.19. The van der Waals surface area contributed by atoms with Gasteiger partial charge in [0.1, 0.15) is 4.90 Å². The Morgan fingerprint density at radius 1 is 1.15 bits per heavy atom. The van der Waals surface area contributed by atoms with Crippen LogP contribution in [0, 0.1) is 6.92 Å². The summed E-state index contributed by atoms with van der Waals surface area (Å²) < 4.78 is 27.5. The molecule has 0 amide bonds. The third kappa shape index (κ3) is 3.48. The molecule has 0 atom stereocenters. The molecule has 1 N–H and O–H groups in total. The fourth-order valence-electron chi connectivity index (χ4n) is 1.78. The molecule has 0 radical (unpaired) electrons. The van der Waals surface area contributed by atoms with Crippen molar-refractivity contribution >= 4 is 39.1 Å². The van der Waals surface area contributed by atoms with E-state index in [4.69, 9.17) is 11.6 Å². The predicted octanol–water partition coefficient (Wildman–Crippen LogP) is 4.17. The maximum absolute atomic E-state index is 12.5. The summed E-state index contributed by atoms with van der Waals surface area (Å²) in [6, 6.07) is 12.1. The molecule has 0 heterocycles. The van der Waals surface area contributed by atoms with Crippen molar-refractivity contribution in [3.8, 4) is 0 Å². The second-order valence-electron chi connectivity index (χ2n) is 4.27. The van der Waals surface area contributed by atoms with Gasteiger partial charge in [-0.05, 0) is 49.1 Å². The highest BCUT2D eigenvalue weighted by Crippen LogP contribution is 2.29. The zero-order chi connectivity index (χ0) is 14.8. The summed E-state index contributed by atoms with van der Waals surface area (Å²) in [5.41, 5.74) is 1.53. The van der Waals surface area contributed by atoms with E-state index < -0.39 is 10.0 Å². The third-order valence-electron chi connectivity index (χ3n) is 2.69. The van der Waals surface area contributed by atoms with Gasteiger partial charge in [0.25, 0.3) is 10.0 Å². The van der Waals surface area contributed by atoms with Crippen LogP contribution < -0.4 is 4.72 Å². The maximum atomic E-state index is 12.5. The Morgan fingerprint density at radius 3 is 2.55 bits per heavy atom. The van der Waals surface area contributed by atoms with Gasteiger partial charge in [0.2, 0.25) is 0 Å². The Bertz CT molecular complexity index is 730. The summed E-state index contributed by atoms with van der Waals surface area (Å²) in [4.78, 5) is 0.855. The van der Waals surface area contributed by atoms with E-state index in [-0.39, 0.29) is 4.90 Å². The molecule has 2 rings (SSSR count). The first-order valence-corrected chi connectivity index (χ1v) is 8.94. The summed E-state index contributed by atoms with van der Waals surface area (Å²) >= 11 is 7.27. The number of nitrogens with one attached hydrogen (secondary N) is 1. The average Bonchev–Trinajstić information content (AvgIpc) is 2.38. The molecule has 3 nitrogen and oxygen atoms in total. The standard InChI is InChI=1S/C14H14ClNO2S2/c1-10-4-3-5-12(8-10)16-20(17,18)14-9-11(15)6-7-13(14)19-2/h3-9,16H,1-2H3. The number of anilines is 1. The van der Waals surface area contributed by atoms with Crippen LogP contribution >= 0.6 is 23.4 Å². The molecule has 0 aromatic heterocycles. The fraction of sp³-hybridized carbons (Fsp3) is 0.143. The van der Waals surface area contributed by atoms with Crippen LogP contribution in [-0.4, -0.2) is 14.7 Å². The minimum Gasteiger partial charge on any atom is -0.280 e. The lowest BCUT2D eigenvalue weighted by Crippen LogP contribution is -2.14. The lowest BCUT2D eigenvalue weighted by molar-refractivity contribution is 0.599. The Kier molecular flexibility index (Phi) is 4.62. The lowest BCUT2D eigenvalue weighted by Gasteiger charge is -2.12. The zero-order valence-electron chi connectivity index (χ0n) is 11.1. The first-order valence-electron chi connectivity index (χ1n) is 5.85. The van der Waals surface area contributed by atoms with Crippen molar-refractivity contribution in [2.24, 2.45) is 0 Å². The van der Waals surface area contributed by atoms with Gasteiger partial charge in [-0.25, -0.2) is 8.42 Å². The summed E-state index contributed by atoms with van der Waals surface area (Å²) in [5.74, 6) is 0. The molecule has 6 heteroatoms. The van der Waals surface area contributed by atoms with E-state index in [9.17, 15) is 8.42 Å². The van der Waals surface area contributed by atoms with Gasteiger partial charge in [-0.1, -0.05) is 23.7 Å². The van der Waals surface area contributed by atoms with Crippen LogP contribution in [0.4, 0.5) is 5.69 Å². The van der Waals surface area contributed by atoms with Gasteiger partial charge in [-0.2, -0.15) is 0 Å². The van der Waals surface area contributed by atoms with Gasteiger partial charge in [0.05, 0.1) is 0 Å². The van der Waals surface area contributed by atoms with Crippen LogP contribution in [0.3, 0.4) is 0 Å². The molecule has 0 saturated carbocycles. The third-order valence-corrected chi connectivity index (χ3v) is 5.27. The van der Waals surface area contributed by atoms with E-state index >= 15 is 0 Å². The highest BCUT2D eigenvalue weighted by atomic mass is 35.5. The van der Waals surface area contributed by atoms with Crippen molar-refractivity contribution in [1.29, 1.82) is 0 Å². The van der Waals surface area contributed by atoms with Crippen molar-refractivity contribution in [3.63, 3.8) is 0 Å². The second-order valence-corrected chi connectivity index (χ2v) is 7.21. The monoisotopic (exact) mass is 327 g/mol. The molecule has 0 fully saturated rings. The number of sulfonamides is 1. The minimum atomic E-state index is -3.65. The van der Waals surface area contributed by atoms with Gasteiger partial charge < -0.3 is 0 Å². The highest BCUT2D eigenvalue weighted by molar-refractivity contribution is 7.99. The van der Waals surface area contributed by atoms with Crippen molar-refractivity contribution in [2.75, 3.05) is 11.0 Å². The Morgan fingerprint density at radius 2 is 1.90 bits per heavy atom. The smallest absolute Gasteiger partial charge is 0.263 e. The van der Waals surface area contributed by atoms with Crippen LogP contribution in [-0.2, 0) is 10.0 Å². The van der Waals surface area contributed by atoms with Gasteiger partial charge in [-0.15, -0.1) is 11.8 Å². The van der Waals surface area contributed by atoms with E-state index in [2.05, 4.69) is 4.72 Å². The van der Waals surface area contributed by atoms with Crippen molar-refractivity contribution in [3.05, 3.63) is 53.1 Å². The number of aryl methyl sites for hydroxylation is 1. The number of halogens is 1. The first-order chi connectivity index (χ1) is 9.42. The molecule has 0 aliphatic rings. The van der Waals surface area contributed by atoms with E-state index in [0.717, 1.165) is 5.56 Å². The molecule has 0 bridgehead atoms. The molecule has 2 aromatic rings. The summed E-state index contributed by atoms with van der Waals surface area (Å²) in [7, 11) is -3.65. The van der Waals surface area contributed by atoms with Crippen LogP contribution in [0.1, 0.15) is 5.56 Å². The molecule has 0 saturated heterocycles. The summed E-state index contributed by atoms with van der Waals surface area (Å²) in [6.45, 7) is 1.91. The van der Waals surface area contributed by atoms with Crippen molar-refractivity contribution < 1.29 is 8.42 Å². The van der Waals surface area contributed by atoms with Gasteiger partial charge >= 0.3 is 0 Å². The van der Waals surface area contributed by atoms with Crippen molar-refractivity contribution in [1.82, 2.24) is 0 Å². The molecule has 2 aromatic carbocycles. The Hall–Kier alpha value is -1.17. The van der Waals surface area contributed by atoms with Crippen LogP contribution in [0.2, 0.25) is 5.02 Å². The molecule has 20 heavy (non-hydrogen) atoms.